The molecule has 3 heterocycles. The first-order chi connectivity index (χ1) is 11.9. The minimum absolute atomic E-state index is 0.0410. The van der Waals surface area contributed by atoms with Gasteiger partial charge in [0.2, 0.25) is 5.89 Å². The van der Waals surface area contributed by atoms with Crippen molar-refractivity contribution in [2.45, 2.75) is 38.8 Å². The Hall–Kier alpha value is -1.26. The van der Waals surface area contributed by atoms with Crippen molar-refractivity contribution in [2.24, 2.45) is 5.92 Å². The molecule has 2 aliphatic rings. The van der Waals surface area contributed by atoms with E-state index in [4.69, 9.17) is 21.4 Å². The Bertz CT molecular complexity index is 777. The third kappa shape index (κ3) is 4.48. The summed E-state index contributed by atoms with van der Waals surface area (Å²) in [5.41, 5.74) is 0. The van der Waals surface area contributed by atoms with Gasteiger partial charge in [0.25, 0.3) is 4.84 Å². The smallest absolute Gasteiger partial charge is 0.309 e. The molecule has 2 aliphatic heterocycles. The van der Waals surface area contributed by atoms with Crippen LogP contribution in [-0.2, 0) is 26.0 Å². The van der Waals surface area contributed by atoms with Crippen LogP contribution in [-0.4, -0.2) is 60.3 Å². The third-order valence-corrected chi connectivity index (χ3v) is 6.81. The van der Waals surface area contributed by atoms with E-state index in [0.717, 1.165) is 25.9 Å². The van der Waals surface area contributed by atoms with E-state index in [-0.39, 0.29) is 34.1 Å². The summed E-state index contributed by atoms with van der Waals surface area (Å²) in [6, 6.07) is 0. The summed E-state index contributed by atoms with van der Waals surface area (Å²) in [7, 11) is -2.99. The van der Waals surface area contributed by atoms with E-state index in [1.54, 1.807) is 4.68 Å². The molecule has 0 aliphatic carbocycles. The van der Waals surface area contributed by atoms with Crippen LogP contribution in [0.5, 0.6) is 0 Å². The third-order valence-electron chi connectivity index (χ3n) is 4.75. The summed E-state index contributed by atoms with van der Waals surface area (Å²) in [6.45, 7) is 4.22. The number of aromatic nitrogens is 2. The highest BCUT2D eigenvalue weighted by Gasteiger charge is 2.33. The van der Waals surface area contributed by atoms with E-state index in [2.05, 4.69) is 10.00 Å². The van der Waals surface area contributed by atoms with Crippen molar-refractivity contribution in [2.75, 3.05) is 31.2 Å². The SMILES string of the molecule is CCOC(=O)C1CCN(Cn2nc([C@H]3CCS(=O)(=O)C3)oc2=S)CC1. The lowest BCUT2D eigenvalue weighted by Crippen LogP contribution is -2.38. The zero-order valence-corrected chi connectivity index (χ0v) is 15.9. The van der Waals surface area contributed by atoms with Gasteiger partial charge >= 0.3 is 5.97 Å². The van der Waals surface area contributed by atoms with Crippen molar-refractivity contribution >= 4 is 28.0 Å². The molecule has 1 atom stereocenters. The minimum Gasteiger partial charge on any atom is -0.466 e. The Kier molecular flexibility index (Phi) is 5.59. The largest absolute Gasteiger partial charge is 0.466 e. The molecule has 1 aromatic heterocycles. The number of nitrogens with zero attached hydrogens (tertiary/aromatic N) is 3. The Balaban J connectivity index is 1.58. The number of piperidine rings is 1. The first kappa shape index (κ1) is 18.5. The molecule has 2 saturated heterocycles. The molecule has 0 unspecified atom stereocenters. The number of rotatable bonds is 5. The highest BCUT2D eigenvalue weighted by atomic mass is 32.2. The molecule has 8 nitrogen and oxygen atoms in total. The van der Waals surface area contributed by atoms with Crippen LogP contribution in [0.4, 0.5) is 0 Å². The van der Waals surface area contributed by atoms with Gasteiger partial charge in [-0.25, -0.2) is 13.1 Å². The molecule has 0 saturated carbocycles. The van der Waals surface area contributed by atoms with Gasteiger partial charge in [-0.2, -0.15) is 0 Å². The Morgan fingerprint density at radius 2 is 2.08 bits per heavy atom. The lowest BCUT2D eigenvalue weighted by molar-refractivity contribution is -0.149. The van der Waals surface area contributed by atoms with E-state index < -0.39 is 9.84 Å². The number of carbonyl (C=O) groups excluding carboxylic acids is 1. The van der Waals surface area contributed by atoms with Crippen LogP contribution in [0.25, 0.3) is 0 Å². The van der Waals surface area contributed by atoms with Crippen LogP contribution >= 0.6 is 12.2 Å². The Labute approximate surface area is 152 Å². The molecule has 10 heteroatoms. The number of esters is 1. The van der Waals surface area contributed by atoms with E-state index in [1.807, 2.05) is 6.92 Å². The monoisotopic (exact) mass is 389 g/mol. The molecular weight excluding hydrogens is 366 g/mol. The average molecular weight is 389 g/mol. The van der Waals surface area contributed by atoms with Gasteiger partial charge in [0.05, 0.1) is 36.6 Å². The fourth-order valence-electron chi connectivity index (χ4n) is 3.33. The molecule has 0 spiro atoms. The predicted molar refractivity (Wildman–Crippen MR) is 92.3 cm³/mol. The van der Waals surface area contributed by atoms with Crippen molar-refractivity contribution in [3.8, 4) is 0 Å². The number of likely N-dealkylation sites (tertiary alicyclic amines) is 1. The molecule has 3 rings (SSSR count). The highest BCUT2D eigenvalue weighted by Crippen LogP contribution is 2.28. The number of ether oxygens (including phenoxy) is 1. The van der Waals surface area contributed by atoms with Crippen molar-refractivity contribution in [1.82, 2.24) is 14.7 Å². The maximum absolute atomic E-state index is 11.8. The van der Waals surface area contributed by atoms with Crippen molar-refractivity contribution in [1.29, 1.82) is 0 Å². The summed E-state index contributed by atoms with van der Waals surface area (Å²) < 4.78 is 35.4. The normalized spacial score (nSPS) is 24.4. The fraction of sp³-hybridized carbons (Fsp3) is 0.800. The quantitative estimate of drug-likeness (QED) is 0.550. The summed E-state index contributed by atoms with van der Waals surface area (Å²) in [6.07, 6.45) is 2.03. The predicted octanol–water partition coefficient (Wildman–Crippen LogP) is 1.34. The second-order valence-electron chi connectivity index (χ2n) is 6.59. The van der Waals surface area contributed by atoms with Gasteiger partial charge in [0, 0.05) is 13.1 Å². The van der Waals surface area contributed by atoms with Crippen LogP contribution in [0.3, 0.4) is 0 Å². The number of carbonyl (C=O) groups is 1. The average Bonchev–Trinajstić information content (AvgIpc) is 3.11. The van der Waals surface area contributed by atoms with Gasteiger partial charge in [-0.15, -0.1) is 5.10 Å². The summed E-state index contributed by atoms with van der Waals surface area (Å²) in [5, 5.41) is 4.38. The van der Waals surface area contributed by atoms with Crippen molar-refractivity contribution < 1.29 is 22.4 Å². The van der Waals surface area contributed by atoms with E-state index in [1.165, 1.54) is 0 Å². The van der Waals surface area contributed by atoms with E-state index in [9.17, 15) is 13.2 Å². The van der Waals surface area contributed by atoms with Gasteiger partial charge in [0.1, 0.15) is 0 Å². The summed E-state index contributed by atoms with van der Waals surface area (Å²) in [5.74, 6) is 0.294. The Morgan fingerprint density at radius 3 is 2.68 bits per heavy atom. The van der Waals surface area contributed by atoms with Gasteiger partial charge in [-0.05, 0) is 38.4 Å². The van der Waals surface area contributed by atoms with E-state index >= 15 is 0 Å². The topological polar surface area (TPSA) is 94.6 Å². The van der Waals surface area contributed by atoms with Gasteiger partial charge in [-0.1, -0.05) is 0 Å². The van der Waals surface area contributed by atoms with Crippen molar-refractivity contribution in [3.05, 3.63) is 10.7 Å². The lowest BCUT2D eigenvalue weighted by Gasteiger charge is -2.30. The highest BCUT2D eigenvalue weighted by molar-refractivity contribution is 7.91. The molecule has 1 aromatic rings. The van der Waals surface area contributed by atoms with Crippen molar-refractivity contribution in [3.63, 3.8) is 0 Å². The van der Waals surface area contributed by atoms with Crippen LogP contribution < -0.4 is 0 Å². The van der Waals surface area contributed by atoms with Gasteiger partial charge in [0.15, 0.2) is 9.84 Å². The molecule has 25 heavy (non-hydrogen) atoms. The minimum atomic E-state index is -2.99. The summed E-state index contributed by atoms with van der Waals surface area (Å²) in [4.78, 5) is 14.2. The molecule has 0 radical (unpaired) electrons. The Morgan fingerprint density at radius 1 is 1.36 bits per heavy atom. The van der Waals surface area contributed by atoms with Gasteiger partial charge < -0.3 is 9.15 Å². The van der Waals surface area contributed by atoms with Gasteiger partial charge in [-0.3, -0.25) is 9.69 Å². The number of sulfone groups is 1. The fourth-order valence-corrected chi connectivity index (χ4v) is 5.24. The summed E-state index contributed by atoms with van der Waals surface area (Å²) >= 11 is 5.22. The molecule has 0 N–H and O–H groups in total. The number of hydrogen-bond acceptors (Lipinski definition) is 8. The second-order valence-corrected chi connectivity index (χ2v) is 9.17. The zero-order valence-electron chi connectivity index (χ0n) is 14.2. The maximum atomic E-state index is 11.8. The molecule has 140 valence electrons. The first-order valence-electron chi connectivity index (χ1n) is 8.55. The molecule has 2 fully saturated rings. The number of hydrogen-bond donors (Lipinski definition) is 0. The second kappa shape index (κ2) is 7.55. The zero-order chi connectivity index (χ0) is 18.0. The first-order valence-corrected chi connectivity index (χ1v) is 10.8. The van der Waals surface area contributed by atoms with E-state index in [0.29, 0.717) is 25.6 Å². The standard InChI is InChI=1S/C15H23N3O5S2/c1-2-22-14(19)11-3-6-17(7-4-11)10-18-15(24)23-13(16-18)12-5-8-25(20,21)9-12/h11-12H,2-10H2,1H3/t12-/m0/s1. The molecule has 0 amide bonds. The maximum Gasteiger partial charge on any atom is 0.309 e. The van der Waals surface area contributed by atoms with Crippen LogP contribution in [0.15, 0.2) is 4.42 Å². The van der Waals surface area contributed by atoms with Crippen LogP contribution in [0.2, 0.25) is 0 Å². The van der Waals surface area contributed by atoms with Crippen LogP contribution in [0.1, 0.15) is 38.0 Å². The lowest BCUT2D eigenvalue weighted by atomic mass is 9.97. The molecule has 0 bridgehead atoms. The molecular formula is C15H23N3O5S2. The van der Waals surface area contributed by atoms with Crippen LogP contribution in [0, 0.1) is 10.8 Å². The molecule has 0 aromatic carbocycles.